The summed E-state index contributed by atoms with van der Waals surface area (Å²) >= 11 is 0. The summed E-state index contributed by atoms with van der Waals surface area (Å²) in [7, 11) is 0. The summed E-state index contributed by atoms with van der Waals surface area (Å²) < 4.78 is 4.94. The van der Waals surface area contributed by atoms with E-state index in [-0.39, 0.29) is 11.3 Å². The summed E-state index contributed by atoms with van der Waals surface area (Å²) in [5.41, 5.74) is 19.3. The van der Waals surface area contributed by atoms with Gasteiger partial charge in [-0.1, -0.05) is 142 Å². The van der Waals surface area contributed by atoms with Crippen LogP contribution in [0.1, 0.15) is 60.9 Å². The van der Waals surface area contributed by atoms with Gasteiger partial charge in [-0.3, -0.25) is 0 Å². The number of nitrogens with zero attached hydrogens (tertiary/aromatic N) is 2. The van der Waals surface area contributed by atoms with Crippen LogP contribution < -0.4 is 0 Å². The minimum absolute atomic E-state index is 0.244. The zero-order chi connectivity index (χ0) is 38.4. The van der Waals surface area contributed by atoms with E-state index >= 15 is 0 Å². The molecule has 0 radical (unpaired) electrons. The third kappa shape index (κ3) is 4.90. The number of hydrogen-bond donors (Lipinski definition) is 0. The molecular formula is C55H44N2. The highest BCUT2D eigenvalue weighted by atomic mass is 15.0. The molecule has 0 aliphatic heterocycles. The predicted octanol–water partition coefficient (Wildman–Crippen LogP) is 14.7. The third-order valence-electron chi connectivity index (χ3n) is 13.0. The molecule has 274 valence electrons. The van der Waals surface area contributed by atoms with Gasteiger partial charge in [-0.15, -0.1) is 0 Å². The van der Waals surface area contributed by atoms with Crippen molar-refractivity contribution in [3.8, 4) is 33.6 Å². The first-order valence-corrected chi connectivity index (χ1v) is 20.4. The maximum atomic E-state index is 2.53. The minimum atomic E-state index is -0.244. The van der Waals surface area contributed by atoms with Gasteiger partial charge in [0.05, 0.1) is 22.1 Å². The van der Waals surface area contributed by atoms with Gasteiger partial charge in [0.2, 0.25) is 0 Å². The van der Waals surface area contributed by atoms with Gasteiger partial charge >= 0.3 is 0 Å². The largest absolute Gasteiger partial charge is 0.309 e. The molecular weight excluding hydrogens is 689 g/mol. The number of benzene rings is 8. The van der Waals surface area contributed by atoms with Crippen LogP contribution in [0, 0.1) is 6.92 Å². The fraction of sp³-hybridized carbons (Fsp3) is 0.127. The van der Waals surface area contributed by atoms with Gasteiger partial charge in [-0.25, -0.2) is 0 Å². The molecule has 0 spiro atoms. The van der Waals surface area contributed by atoms with E-state index in [1.165, 1.54) is 105 Å². The summed E-state index contributed by atoms with van der Waals surface area (Å²) in [6.45, 7) is 9.44. The van der Waals surface area contributed by atoms with Gasteiger partial charge in [-0.2, -0.15) is 0 Å². The first kappa shape index (κ1) is 33.7. The highest BCUT2D eigenvalue weighted by Gasteiger charge is 2.39. The smallest absolute Gasteiger partial charge is 0.0544 e. The Morgan fingerprint density at radius 3 is 1.81 bits per heavy atom. The van der Waals surface area contributed by atoms with E-state index in [0.29, 0.717) is 0 Å². The monoisotopic (exact) mass is 732 g/mol. The fourth-order valence-corrected chi connectivity index (χ4v) is 10.4. The molecule has 10 aromatic rings. The van der Waals surface area contributed by atoms with Crippen molar-refractivity contribution in [3.63, 3.8) is 0 Å². The van der Waals surface area contributed by atoms with Crippen LogP contribution in [-0.2, 0) is 5.41 Å². The number of rotatable bonds is 6. The van der Waals surface area contributed by atoms with Crippen molar-refractivity contribution in [1.82, 2.24) is 9.13 Å². The standard InChI is InChI=1S/C55H44N2/c1-5-39(41-21-11-12-22-42(41)40-20-10-9-17-35(40)2)36-27-31-51-47(33-36)53-52(56(51)37-18-7-6-8-19-37)32-30-46-43-29-28-38(34-48(43)55(3,4)54(46)53)57-49-25-15-13-23-44(49)45-24-14-16-26-50(45)57/h6-34,39H,5H2,1-4H3. The van der Waals surface area contributed by atoms with E-state index in [0.717, 1.165) is 6.42 Å². The van der Waals surface area contributed by atoms with Crippen molar-refractivity contribution in [2.75, 3.05) is 0 Å². The van der Waals surface area contributed by atoms with Crippen LogP contribution >= 0.6 is 0 Å². The van der Waals surface area contributed by atoms with Crippen molar-refractivity contribution in [1.29, 1.82) is 0 Å². The topological polar surface area (TPSA) is 9.86 Å². The Hall–Kier alpha value is -6.64. The van der Waals surface area contributed by atoms with Crippen molar-refractivity contribution in [2.24, 2.45) is 0 Å². The number of aromatic nitrogens is 2. The molecule has 2 aromatic heterocycles. The fourth-order valence-electron chi connectivity index (χ4n) is 10.4. The van der Waals surface area contributed by atoms with Crippen LogP contribution in [0.25, 0.3) is 77.2 Å². The third-order valence-corrected chi connectivity index (χ3v) is 13.0. The molecule has 0 amide bonds. The second-order valence-electron chi connectivity index (χ2n) is 16.4. The molecule has 0 fully saturated rings. The Balaban J connectivity index is 1.14. The van der Waals surface area contributed by atoms with Crippen molar-refractivity contribution < 1.29 is 0 Å². The zero-order valence-corrected chi connectivity index (χ0v) is 32.9. The predicted molar refractivity (Wildman–Crippen MR) is 241 cm³/mol. The second kappa shape index (κ2) is 12.7. The lowest BCUT2D eigenvalue weighted by Gasteiger charge is -2.24. The highest BCUT2D eigenvalue weighted by molar-refractivity contribution is 6.15. The van der Waals surface area contributed by atoms with Crippen LogP contribution in [0.5, 0.6) is 0 Å². The summed E-state index contributed by atoms with van der Waals surface area (Å²) in [6.07, 6.45) is 1.01. The molecule has 0 saturated heterocycles. The van der Waals surface area contributed by atoms with E-state index in [1.54, 1.807) is 0 Å². The van der Waals surface area contributed by atoms with Gasteiger partial charge in [-0.05, 0) is 118 Å². The molecule has 1 atom stereocenters. The average Bonchev–Trinajstić information content (AvgIpc) is 3.84. The number of fused-ring (bicyclic) bond motifs is 10. The molecule has 1 aliphatic rings. The maximum absolute atomic E-state index is 2.53. The lowest BCUT2D eigenvalue weighted by Crippen LogP contribution is -2.16. The van der Waals surface area contributed by atoms with Gasteiger partial charge in [0.15, 0.2) is 0 Å². The van der Waals surface area contributed by atoms with Gasteiger partial charge in [0.1, 0.15) is 0 Å². The van der Waals surface area contributed by atoms with Crippen molar-refractivity contribution in [3.05, 3.63) is 204 Å². The Kier molecular flexibility index (Phi) is 7.50. The van der Waals surface area contributed by atoms with E-state index in [9.17, 15) is 0 Å². The van der Waals surface area contributed by atoms with Crippen LogP contribution in [0.3, 0.4) is 0 Å². The number of aryl methyl sites for hydroxylation is 1. The first-order valence-electron chi connectivity index (χ1n) is 20.4. The Morgan fingerprint density at radius 1 is 0.474 bits per heavy atom. The van der Waals surface area contributed by atoms with Gasteiger partial charge < -0.3 is 9.13 Å². The molecule has 11 rings (SSSR count). The Labute approximate surface area is 334 Å². The lowest BCUT2D eigenvalue weighted by molar-refractivity contribution is 0.666. The van der Waals surface area contributed by atoms with Crippen molar-refractivity contribution in [2.45, 2.75) is 45.4 Å². The molecule has 57 heavy (non-hydrogen) atoms. The minimum Gasteiger partial charge on any atom is -0.309 e. The zero-order valence-electron chi connectivity index (χ0n) is 32.9. The molecule has 0 bridgehead atoms. The molecule has 2 heteroatoms. The summed E-state index contributed by atoms with van der Waals surface area (Å²) in [6, 6.07) is 65.6. The quantitative estimate of drug-likeness (QED) is 0.161. The SMILES string of the molecule is CCC(c1ccc2c(c1)c1c3c(ccc1n2-c1ccccc1)-c1ccc(-n2c4ccccc4c4ccccc42)cc1C3(C)C)c1ccccc1-c1ccccc1C. The van der Waals surface area contributed by atoms with E-state index in [2.05, 4.69) is 213 Å². The average molecular weight is 733 g/mol. The van der Waals surface area contributed by atoms with Gasteiger partial charge in [0.25, 0.3) is 0 Å². The molecule has 1 unspecified atom stereocenters. The second-order valence-corrected chi connectivity index (χ2v) is 16.4. The Bertz CT molecular complexity index is 3160. The van der Waals surface area contributed by atoms with E-state index < -0.39 is 0 Å². The summed E-state index contributed by atoms with van der Waals surface area (Å²) in [5, 5.41) is 5.25. The lowest BCUT2D eigenvalue weighted by atomic mass is 9.79. The molecule has 2 heterocycles. The van der Waals surface area contributed by atoms with Crippen LogP contribution in [0.4, 0.5) is 0 Å². The molecule has 0 N–H and O–H groups in total. The number of hydrogen-bond acceptors (Lipinski definition) is 0. The van der Waals surface area contributed by atoms with E-state index in [1.807, 2.05) is 0 Å². The molecule has 2 nitrogen and oxygen atoms in total. The molecule has 1 aliphatic carbocycles. The Morgan fingerprint density at radius 2 is 1.07 bits per heavy atom. The summed E-state index contributed by atoms with van der Waals surface area (Å²) in [5.74, 6) is 0.246. The first-order chi connectivity index (χ1) is 27.9. The van der Waals surface area contributed by atoms with Gasteiger partial charge in [0, 0.05) is 44.3 Å². The van der Waals surface area contributed by atoms with Crippen LogP contribution in [-0.4, -0.2) is 9.13 Å². The normalized spacial score (nSPS) is 13.8. The summed E-state index contributed by atoms with van der Waals surface area (Å²) in [4.78, 5) is 0. The van der Waals surface area contributed by atoms with Crippen molar-refractivity contribution >= 4 is 43.6 Å². The maximum Gasteiger partial charge on any atom is 0.0544 e. The van der Waals surface area contributed by atoms with Crippen LogP contribution in [0.15, 0.2) is 176 Å². The molecule has 8 aromatic carbocycles. The number of para-hydroxylation sites is 3. The van der Waals surface area contributed by atoms with Crippen LogP contribution in [0.2, 0.25) is 0 Å². The van der Waals surface area contributed by atoms with E-state index in [4.69, 9.17) is 0 Å². The molecule has 0 saturated carbocycles. The highest BCUT2D eigenvalue weighted by Crippen LogP contribution is 2.54.